The van der Waals surface area contributed by atoms with E-state index in [9.17, 15) is 9.59 Å². The number of rotatable bonds is 6. The van der Waals surface area contributed by atoms with Crippen molar-refractivity contribution in [3.8, 4) is 0 Å². The zero-order valence-electron chi connectivity index (χ0n) is 11.5. The number of carbonyl (C=O) groups excluding carboxylic acids is 2. The molecular formula is C15H19BrN2O2. The summed E-state index contributed by atoms with van der Waals surface area (Å²) < 4.78 is 1.07. The molecule has 2 unspecified atom stereocenters. The van der Waals surface area contributed by atoms with Gasteiger partial charge in [-0.2, -0.15) is 0 Å². The fourth-order valence-corrected chi connectivity index (χ4v) is 2.51. The van der Waals surface area contributed by atoms with E-state index >= 15 is 0 Å². The number of halogens is 1. The maximum absolute atomic E-state index is 11.7. The average Bonchev–Trinajstić information content (AvgIpc) is 3.18. The number of benzene rings is 1. The summed E-state index contributed by atoms with van der Waals surface area (Å²) in [6, 6.07) is 8.48. The fourth-order valence-electron chi connectivity index (χ4n) is 2.25. The molecule has 0 saturated heterocycles. The van der Waals surface area contributed by atoms with Gasteiger partial charge in [0.05, 0.1) is 0 Å². The maximum atomic E-state index is 11.7. The SMILES string of the molecule is CNC(=O)CCCC(=O)NC1CC1c1ccc(Br)cc1. The van der Waals surface area contributed by atoms with Gasteiger partial charge in [-0.25, -0.2) is 0 Å². The van der Waals surface area contributed by atoms with Crippen LogP contribution in [0.1, 0.15) is 37.2 Å². The Hall–Kier alpha value is -1.36. The van der Waals surface area contributed by atoms with Crippen LogP contribution in [0.2, 0.25) is 0 Å². The first kappa shape index (κ1) is 15.0. The lowest BCUT2D eigenvalue weighted by Gasteiger charge is -2.05. The van der Waals surface area contributed by atoms with E-state index in [1.165, 1.54) is 5.56 Å². The van der Waals surface area contributed by atoms with Crippen LogP contribution in [-0.2, 0) is 9.59 Å². The highest BCUT2D eigenvalue weighted by molar-refractivity contribution is 9.10. The summed E-state index contributed by atoms with van der Waals surface area (Å²) in [4.78, 5) is 22.8. The molecule has 0 heterocycles. The van der Waals surface area contributed by atoms with Crippen molar-refractivity contribution in [2.75, 3.05) is 7.05 Å². The fraction of sp³-hybridized carbons (Fsp3) is 0.467. The molecular weight excluding hydrogens is 320 g/mol. The van der Waals surface area contributed by atoms with Crippen LogP contribution in [0.3, 0.4) is 0 Å². The van der Waals surface area contributed by atoms with Crippen LogP contribution in [-0.4, -0.2) is 24.9 Å². The van der Waals surface area contributed by atoms with Crippen molar-refractivity contribution in [3.63, 3.8) is 0 Å². The van der Waals surface area contributed by atoms with Crippen molar-refractivity contribution < 1.29 is 9.59 Å². The Bertz CT molecular complexity index is 487. The van der Waals surface area contributed by atoms with Gasteiger partial charge in [0.2, 0.25) is 11.8 Å². The van der Waals surface area contributed by atoms with E-state index in [-0.39, 0.29) is 17.9 Å². The van der Waals surface area contributed by atoms with Gasteiger partial charge in [0.25, 0.3) is 0 Å². The number of amides is 2. The van der Waals surface area contributed by atoms with Gasteiger partial charge in [-0.15, -0.1) is 0 Å². The largest absolute Gasteiger partial charge is 0.359 e. The van der Waals surface area contributed by atoms with E-state index in [1.54, 1.807) is 7.05 Å². The summed E-state index contributed by atoms with van der Waals surface area (Å²) in [6.45, 7) is 0. The predicted molar refractivity (Wildman–Crippen MR) is 81.3 cm³/mol. The van der Waals surface area contributed by atoms with E-state index < -0.39 is 0 Å². The molecule has 4 nitrogen and oxygen atoms in total. The second kappa shape index (κ2) is 6.88. The standard InChI is InChI=1S/C15H19BrN2O2/c1-17-14(19)3-2-4-15(20)18-13-9-12(13)10-5-7-11(16)8-6-10/h5-8,12-13H,2-4,9H2,1H3,(H,17,19)(H,18,20). The third-order valence-corrected chi connectivity index (χ3v) is 4.05. The summed E-state index contributed by atoms with van der Waals surface area (Å²) in [5, 5.41) is 5.58. The van der Waals surface area contributed by atoms with Gasteiger partial charge in [-0.05, 0) is 30.5 Å². The van der Waals surface area contributed by atoms with Gasteiger partial charge in [0.15, 0.2) is 0 Å². The Labute approximate surface area is 127 Å². The minimum atomic E-state index is -0.0167. The van der Waals surface area contributed by atoms with Crippen LogP contribution < -0.4 is 10.6 Å². The second-order valence-corrected chi connectivity index (χ2v) is 6.01. The molecule has 2 N–H and O–H groups in total. The molecule has 0 bridgehead atoms. The molecule has 1 aromatic rings. The molecule has 1 aliphatic rings. The monoisotopic (exact) mass is 338 g/mol. The molecule has 1 aliphatic carbocycles. The van der Waals surface area contributed by atoms with Crippen LogP contribution in [0.15, 0.2) is 28.7 Å². The molecule has 2 rings (SSSR count). The Morgan fingerprint density at radius 2 is 1.85 bits per heavy atom. The topological polar surface area (TPSA) is 58.2 Å². The van der Waals surface area contributed by atoms with Crippen molar-refractivity contribution in [1.82, 2.24) is 10.6 Å². The zero-order valence-corrected chi connectivity index (χ0v) is 13.1. The van der Waals surface area contributed by atoms with Crippen LogP contribution in [0.4, 0.5) is 0 Å². The van der Waals surface area contributed by atoms with Gasteiger partial charge in [0, 0.05) is 36.3 Å². The molecule has 5 heteroatoms. The minimum Gasteiger partial charge on any atom is -0.359 e. The normalized spacial score (nSPS) is 20.3. The lowest BCUT2D eigenvalue weighted by Crippen LogP contribution is -2.26. The molecule has 20 heavy (non-hydrogen) atoms. The second-order valence-electron chi connectivity index (χ2n) is 5.09. The van der Waals surface area contributed by atoms with Gasteiger partial charge in [0.1, 0.15) is 0 Å². The van der Waals surface area contributed by atoms with Crippen LogP contribution in [0.5, 0.6) is 0 Å². The van der Waals surface area contributed by atoms with Crippen molar-refractivity contribution >= 4 is 27.7 Å². The van der Waals surface area contributed by atoms with Crippen LogP contribution in [0, 0.1) is 0 Å². The van der Waals surface area contributed by atoms with Crippen LogP contribution >= 0.6 is 15.9 Å². The number of hydrogen-bond acceptors (Lipinski definition) is 2. The molecule has 1 saturated carbocycles. The Morgan fingerprint density at radius 3 is 2.50 bits per heavy atom. The first-order valence-corrected chi connectivity index (χ1v) is 7.65. The van der Waals surface area contributed by atoms with Gasteiger partial charge >= 0.3 is 0 Å². The van der Waals surface area contributed by atoms with E-state index in [2.05, 4.69) is 38.7 Å². The third-order valence-electron chi connectivity index (χ3n) is 3.52. The lowest BCUT2D eigenvalue weighted by molar-refractivity contribution is -0.122. The number of hydrogen-bond donors (Lipinski definition) is 2. The first-order valence-electron chi connectivity index (χ1n) is 6.85. The summed E-state index contributed by atoms with van der Waals surface area (Å²) in [7, 11) is 1.61. The van der Waals surface area contributed by atoms with Crippen molar-refractivity contribution in [1.29, 1.82) is 0 Å². The molecule has 0 aliphatic heterocycles. The van der Waals surface area contributed by atoms with Crippen molar-refractivity contribution in [3.05, 3.63) is 34.3 Å². The quantitative estimate of drug-likeness (QED) is 0.836. The number of nitrogens with one attached hydrogen (secondary N) is 2. The molecule has 2 atom stereocenters. The summed E-state index contributed by atoms with van der Waals surface area (Å²) >= 11 is 3.41. The lowest BCUT2D eigenvalue weighted by atomic mass is 10.1. The number of carbonyl (C=O) groups is 2. The average molecular weight is 339 g/mol. The van der Waals surface area contributed by atoms with E-state index in [0.717, 1.165) is 10.9 Å². The molecule has 1 aromatic carbocycles. The zero-order chi connectivity index (χ0) is 14.5. The first-order chi connectivity index (χ1) is 9.60. The van der Waals surface area contributed by atoms with Gasteiger partial charge < -0.3 is 10.6 Å². The highest BCUT2D eigenvalue weighted by atomic mass is 79.9. The van der Waals surface area contributed by atoms with E-state index in [0.29, 0.717) is 25.2 Å². The van der Waals surface area contributed by atoms with Gasteiger partial charge in [-0.1, -0.05) is 28.1 Å². The molecule has 2 amide bonds. The summed E-state index contributed by atoms with van der Waals surface area (Å²) in [6.07, 6.45) is 2.42. The van der Waals surface area contributed by atoms with Gasteiger partial charge in [-0.3, -0.25) is 9.59 Å². The smallest absolute Gasteiger partial charge is 0.220 e. The molecule has 108 valence electrons. The summed E-state index contributed by atoms with van der Waals surface area (Å²) in [5.74, 6) is 0.460. The van der Waals surface area contributed by atoms with E-state index in [4.69, 9.17) is 0 Å². The Kier molecular flexibility index (Phi) is 5.17. The highest BCUT2D eigenvalue weighted by Gasteiger charge is 2.39. The predicted octanol–water partition coefficient (Wildman–Crippen LogP) is 2.34. The molecule has 0 aromatic heterocycles. The van der Waals surface area contributed by atoms with Crippen LogP contribution in [0.25, 0.3) is 0 Å². The molecule has 0 radical (unpaired) electrons. The van der Waals surface area contributed by atoms with Crippen molar-refractivity contribution in [2.24, 2.45) is 0 Å². The van der Waals surface area contributed by atoms with E-state index in [1.807, 2.05) is 12.1 Å². The molecule has 0 spiro atoms. The maximum Gasteiger partial charge on any atom is 0.220 e. The van der Waals surface area contributed by atoms with Crippen molar-refractivity contribution in [2.45, 2.75) is 37.6 Å². The summed E-state index contributed by atoms with van der Waals surface area (Å²) in [5.41, 5.74) is 1.27. The third kappa shape index (κ3) is 4.34. The molecule has 1 fully saturated rings. The Balaban J connectivity index is 1.69. The minimum absolute atomic E-state index is 0.0167. The Morgan fingerprint density at radius 1 is 1.20 bits per heavy atom. The highest BCUT2D eigenvalue weighted by Crippen LogP contribution is 2.41.